The summed E-state index contributed by atoms with van der Waals surface area (Å²) in [5.74, 6) is -0.576. The van der Waals surface area contributed by atoms with Crippen molar-refractivity contribution in [2.24, 2.45) is 5.92 Å². The van der Waals surface area contributed by atoms with Gasteiger partial charge in [0.25, 0.3) is 0 Å². The minimum Gasteiger partial charge on any atom is -0.293 e. The highest BCUT2D eigenvalue weighted by atomic mass is 16.1. The minimum absolute atomic E-state index is 0.0781. The summed E-state index contributed by atoms with van der Waals surface area (Å²) in [5.41, 5.74) is 0.621. The molecule has 0 heterocycles. The average molecular weight is 173 g/mol. The second-order valence-electron chi connectivity index (χ2n) is 2.82. The van der Waals surface area contributed by atoms with Gasteiger partial charge in [-0.25, -0.2) is 0 Å². The zero-order valence-corrected chi connectivity index (χ0v) is 7.53. The van der Waals surface area contributed by atoms with Gasteiger partial charge in [0, 0.05) is 5.56 Å². The Balaban J connectivity index is 2.86. The Bertz CT molecular complexity index is 324. The summed E-state index contributed by atoms with van der Waals surface area (Å²) in [6.07, 6.45) is 0.574. The molecule has 0 radical (unpaired) electrons. The smallest absolute Gasteiger partial charge is 0.179 e. The average Bonchev–Trinajstić information content (AvgIpc) is 2.21. The topological polar surface area (TPSA) is 40.9 Å². The molecule has 2 heteroatoms. The van der Waals surface area contributed by atoms with E-state index in [4.69, 9.17) is 5.26 Å². The van der Waals surface area contributed by atoms with Crippen LogP contribution in [0.1, 0.15) is 23.7 Å². The maximum Gasteiger partial charge on any atom is 0.179 e. The SMILES string of the molecule is CC[C@@H](C#N)C(=O)c1ccccc1. The van der Waals surface area contributed by atoms with Crippen LogP contribution in [0.2, 0.25) is 0 Å². The summed E-state index contributed by atoms with van der Waals surface area (Å²) < 4.78 is 0. The molecule has 0 aliphatic rings. The normalized spacial score (nSPS) is 11.7. The summed E-state index contributed by atoms with van der Waals surface area (Å²) >= 11 is 0. The monoisotopic (exact) mass is 173 g/mol. The van der Waals surface area contributed by atoms with Gasteiger partial charge in [-0.15, -0.1) is 0 Å². The lowest BCUT2D eigenvalue weighted by Crippen LogP contribution is -2.11. The first-order valence-corrected chi connectivity index (χ1v) is 4.28. The van der Waals surface area contributed by atoms with Gasteiger partial charge in [-0.3, -0.25) is 4.79 Å². The predicted octanol–water partition coefficient (Wildman–Crippen LogP) is 2.42. The number of hydrogen-bond donors (Lipinski definition) is 0. The van der Waals surface area contributed by atoms with Gasteiger partial charge in [-0.2, -0.15) is 5.26 Å². The number of Topliss-reactive ketones (excluding diaryl/α,β-unsaturated/α-hetero) is 1. The third kappa shape index (κ3) is 2.16. The quantitative estimate of drug-likeness (QED) is 0.658. The molecule has 1 aromatic carbocycles. The molecule has 0 saturated heterocycles. The maximum absolute atomic E-state index is 11.6. The number of carbonyl (C=O) groups excluding carboxylic acids is 1. The van der Waals surface area contributed by atoms with Crippen molar-refractivity contribution in [3.63, 3.8) is 0 Å². The summed E-state index contributed by atoms with van der Waals surface area (Å²) in [7, 11) is 0. The van der Waals surface area contributed by atoms with Crippen molar-refractivity contribution in [1.29, 1.82) is 5.26 Å². The molecule has 0 amide bonds. The molecular weight excluding hydrogens is 162 g/mol. The molecule has 0 N–H and O–H groups in total. The van der Waals surface area contributed by atoms with Crippen molar-refractivity contribution in [2.45, 2.75) is 13.3 Å². The van der Waals surface area contributed by atoms with Crippen LogP contribution in [0.5, 0.6) is 0 Å². The molecule has 0 aliphatic carbocycles. The van der Waals surface area contributed by atoms with E-state index in [-0.39, 0.29) is 5.78 Å². The minimum atomic E-state index is -0.498. The van der Waals surface area contributed by atoms with E-state index in [9.17, 15) is 4.79 Å². The Kier molecular flexibility index (Phi) is 3.22. The molecule has 1 rings (SSSR count). The highest BCUT2D eigenvalue weighted by Gasteiger charge is 2.16. The predicted molar refractivity (Wildman–Crippen MR) is 50.2 cm³/mol. The van der Waals surface area contributed by atoms with Crippen LogP contribution in [-0.4, -0.2) is 5.78 Å². The summed E-state index contributed by atoms with van der Waals surface area (Å²) in [5, 5.41) is 8.69. The van der Waals surface area contributed by atoms with Gasteiger partial charge >= 0.3 is 0 Å². The van der Waals surface area contributed by atoms with Crippen molar-refractivity contribution in [3.8, 4) is 6.07 Å². The fourth-order valence-electron chi connectivity index (χ4n) is 1.14. The van der Waals surface area contributed by atoms with Gasteiger partial charge in [-0.1, -0.05) is 37.3 Å². The highest BCUT2D eigenvalue weighted by molar-refractivity contribution is 5.99. The van der Waals surface area contributed by atoms with E-state index >= 15 is 0 Å². The van der Waals surface area contributed by atoms with Gasteiger partial charge in [-0.05, 0) is 6.42 Å². The molecule has 66 valence electrons. The van der Waals surface area contributed by atoms with E-state index in [2.05, 4.69) is 0 Å². The first-order chi connectivity index (χ1) is 6.29. The van der Waals surface area contributed by atoms with Crippen LogP contribution in [0, 0.1) is 17.2 Å². The standard InChI is InChI=1S/C11H11NO/c1-2-9(8-12)11(13)10-6-4-3-5-7-10/h3-7,9H,2H2,1H3/t9-/m0/s1. The number of hydrogen-bond acceptors (Lipinski definition) is 2. The van der Waals surface area contributed by atoms with E-state index in [0.29, 0.717) is 12.0 Å². The number of rotatable bonds is 3. The zero-order chi connectivity index (χ0) is 9.68. The lowest BCUT2D eigenvalue weighted by atomic mass is 9.97. The van der Waals surface area contributed by atoms with E-state index in [1.165, 1.54) is 0 Å². The summed E-state index contributed by atoms with van der Waals surface area (Å²) in [4.78, 5) is 11.6. The van der Waals surface area contributed by atoms with Crippen LogP contribution >= 0.6 is 0 Å². The van der Waals surface area contributed by atoms with Crippen molar-refractivity contribution >= 4 is 5.78 Å². The molecule has 0 aliphatic heterocycles. The molecule has 2 nitrogen and oxygen atoms in total. The third-order valence-corrected chi connectivity index (χ3v) is 1.94. The molecule has 0 spiro atoms. The molecule has 0 unspecified atom stereocenters. The number of nitriles is 1. The van der Waals surface area contributed by atoms with E-state index in [0.717, 1.165) is 0 Å². The van der Waals surface area contributed by atoms with Gasteiger partial charge in [0.05, 0.1) is 6.07 Å². The van der Waals surface area contributed by atoms with Crippen molar-refractivity contribution in [2.75, 3.05) is 0 Å². The van der Waals surface area contributed by atoms with Gasteiger partial charge in [0.1, 0.15) is 5.92 Å². The molecule has 1 atom stereocenters. The highest BCUT2D eigenvalue weighted by Crippen LogP contribution is 2.10. The molecule has 0 aromatic heterocycles. The fraction of sp³-hybridized carbons (Fsp3) is 0.273. The van der Waals surface area contributed by atoms with Crippen molar-refractivity contribution in [1.82, 2.24) is 0 Å². The van der Waals surface area contributed by atoms with Crippen LogP contribution in [0.15, 0.2) is 30.3 Å². The first-order valence-electron chi connectivity index (χ1n) is 4.28. The summed E-state index contributed by atoms with van der Waals surface area (Å²) in [6, 6.07) is 10.9. The van der Waals surface area contributed by atoms with Gasteiger partial charge in [0.2, 0.25) is 0 Å². The van der Waals surface area contributed by atoms with Crippen LogP contribution in [0.3, 0.4) is 0 Å². The molecule has 0 fully saturated rings. The number of carbonyl (C=O) groups is 1. The Morgan fingerprint density at radius 2 is 2.08 bits per heavy atom. The van der Waals surface area contributed by atoms with E-state index < -0.39 is 5.92 Å². The van der Waals surface area contributed by atoms with Crippen molar-refractivity contribution < 1.29 is 4.79 Å². The molecular formula is C11H11NO. The van der Waals surface area contributed by atoms with Crippen LogP contribution in [-0.2, 0) is 0 Å². The van der Waals surface area contributed by atoms with Crippen LogP contribution < -0.4 is 0 Å². The largest absolute Gasteiger partial charge is 0.293 e. The molecule has 0 saturated carbocycles. The Morgan fingerprint density at radius 3 is 2.54 bits per heavy atom. The number of nitrogens with zero attached hydrogens (tertiary/aromatic N) is 1. The maximum atomic E-state index is 11.6. The molecule has 1 aromatic rings. The summed E-state index contributed by atoms with van der Waals surface area (Å²) in [6.45, 7) is 1.84. The Labute approximate surface area is 77.8 Å². The van der Waals surface area contributed by atoms with Crippen molar-refractivity contribution in [3.05, 3.63) is 35.9 Å². The third-order valence-electron chi connectivity index (χ3n) is 1.94. The Hall–Kier alpha value is -1.62. The second-order valence-corrected chi connectivity index (χ2v) is 2.82. The Morgan fingerprint density at radius 1 is 1.46 bits per heavy atom. The lowest BCUT2D eigenvalue weighted by molar-refractivity contribution is 0.0946. The van der Waals surface area contributed by atoms with Crippen LogP contribution in [0.4, 0.5) is 0 Å². The van der Waals surface area contributed by atoms with Gasteiger partial charge in [0.15, 0.2) is 5.78 Å². The van der Waals surface area contributed by atoms with E-state index in [1.807, 2.05) is 19.1 Å². The molecule has 13 heavy (non-hydrogen) atoms. The zero-order valence-electron chi connectivity index (χ0n) is 7.53. The van der Waals surface area contributed by atoms with E-state index in [1.54, 1.807) is 24.3 Å². The fourth-order valence-corrected chi connectivity index (χ4v) is 1.14. The number of ketones is 1. The van der Waals surface area contributed by atoms with Gasteiger partial charge < -0.3 is 0 Å². The first kappa shape index (κ1) is 9.47. The van der Waals surface area contributed by atoms with Crippen LogP contribution in [0.25, 0.3) is 0 Å². The lowest BCUT2D eigenvalue weighted by Gasteiger charge is -2.03. The number of benzene rings is 1. The second kappa shape index (κ2) is 4.42. The molecule has 0 bridgehead atoms.